The Morgan fingerprint density at radius 3 is 2.80 bits per heavy atom. The average Bonchev–Trinajstić information content (AvgIpc) is 2.17. The molecule has 80 valence electrons. The molecule has 0 saturated heterocycles. The molecule has 1 aromatic rings. The van der Waals surface area contributed by atoms with E-state index < -0.39 is 0 Å². The third-order valence-corrected chi connectivity index (χ3v) is 3.02. The monoisotopic (exact) mass is 315 g/mol. The minimum Gasteiger partial charge on any atom is -0.399 e. The lowest BCUT2D eigenvalue weighted by atomic mass is 10.2. The van der Waals surface area contributed by atoms with Crippen LogP contribution in [0.1, 0.15) is 6.92 Å². The standard InChI is InChI=1S/C11H14IN3/c1-8(6-13)7-15(2)11-4-3-9(14)5-10(11)12/h3-5,8H,7,14H2,1-2H3. The molecule has 1 atom stereocenters. The fourth-order valence-corrected chi connectivity index (χ4v) is 2.33. The van der Waals surface area contributed by atoms with Crippen LogP contribution in [0.15, 0.2) is 18.2 Å². The van der Waals surface area contributed by atoms with E-state index in [4.69, 9.17) is 11.0 Å². The summed E-state index contributed by atoms with van der Waals surface area (Å²) in [6, 6.07) is 8.03. The van der Waals surface area contributed by atoms with Gasteiger partial charge in [0, 0.05) is 22.8 Å². The third kappa shape index (κ3) is 3.27. The molecule has 1 rings (SSSR count). The van der Waals surface area contributed by atoms with E-state index in [9.17, 15) is 0 Å². The summed E-state index contributed by atoms with van der Waals surface area (Å²) in [5.74, 6) is 0.0309. The third-order valence-electron chi connectivity index (χ3n) is 2.15. The van der Waals surface area contributed by atoms with E-state index in [-0.39, 0.29) is 5.92 Å². The van der Waals surface area contributed by atoms with Gasteiger partial charge >= 0.3 is 0 Å². The molecule has 0 aliphatic carbocycles. The summed E-state index contributed by atoms with van der Waals surface area (Å²) in [7, 11) is 1.99. The van der Waals surface area contributed by atoms with Gasteiger partial charge in [-0.25, -0.2) is 0 Å². The first-order valence-corrected chi connectivity index (χ1v) is 5.78. The van der Waals surface area contributed by atoms with Crippen LogP contribution < -0.4 is 10.6 Å². The van der Waals surface area contributed by atoms with Gasteiger partial charge in [0.1, 0.15) is 0 Å². The summed E-state index contributed by atoms with van der Waals surface area (Å²) in [4.78, 5) is 2.08. The first kappa shape index (κ1) is 12.1. The summed E-state index contributed by atoms with van der Waals surface area (Å²) < 4.78 is 1.11. The maximum atomic E-state index is 8.75. The van der Waals surface area contributed by atoms with Crippen LogP contribution in [0.5, 0.6) is 0 Å². The van der Waals surface area contributed by atoms with Gasteiger partial charge in [0.2, 0.25) is 0 Å². The average molecular weight is 315 g/mol. The first-order chi connectivity index (χ1) is 7.04. The fourth-order valence-electron chi connectivity index (χ4n) is 1.38. The number of halogens is 1. The van der Waals surface area contributed by atoms with Gasteiger partial charge in [0.05, 0.1) is 17.7 Å². The number of hydrogen-bond donors (Lipinski definition) is 1. The molecule has 1 unspecified atom stereocenters. The molecule has 0 bridgehead atoms. The molecule has 0 spiro atoms. The van der Waals surface area contributed by atoms with Crippen LogP contribution in [0.2, 0.25) is 0 Å². The molecule has 0 aliphatic heterocycles. The largest absolute Gasteiger partial charge is 0.399 e. The number of anilines is 2. The van der Waals surface area contributed by atoms with Gasteiger partial charge in [-0.1, -0.05) is 0 Å². The van der Waals surface area contributed by atoms with Crippen molar-refractivity contribution < 1.29 is 0 Å². The van der Waals surface area contributed by atoms with Gasteiger partial charge < -0.3 is 10.6 Å². The Morgan fingerprint density at radius 2 is 2.27 bits per heavy atom. The maximum Gasteiger partial charge on any atom is 0.0671 e. The molecule has 0 saturated carbocycles. The van der Waals surface area contributed by atoms with Gasteiger partial charge in [-0.15, -0.1) is 0 Å². The van der Waals surface area contributed by atoms with Crippen molar-refractivity contribution in [2.45, 2.75) is 6.92 Å². The Balaban J connectivity index is 2.83. The second kappa shape index (κ2) is 5.21. The summed E-state index contributed by atoms with van der Waals surface area (Å²) in [6.45, 7) is 2.65. The van der Waals surface area contributed by atoms with Crippen LogP contribution in [-0.4, -0.2) is 13.6 Å². The van der Waals surface area contributed by atoms with Crippen LogP contribution in [0.4, 0.5) is 11.4 Å². The summed E-state index contributed by atoms with van der Waals surface area (Å²) in [5, 5.41) is 8.75. The quantitative estimate of drug-likeness (QED) is 0.689. The van der Waals surface area contributed by atoms with Gasteiger partial charge in [-0.05, 0) is 47.7 Å². The van der Waals surface area contributed by atoms with Gasteiger partial charge in [0.25, 0.3) is 0 Å². The predicted octanol–water partition coefficient (Wildman–Crippen LogP) is 2.47. The van der Waals surface area contributed by atoms with Crippen molar-refractivity contribution in [2.75, 3.05) is 24.2 Å². The highest BCUT2D eigenvalue weighted by Crippen LogP contribution is 2.24. The lowest BCUT2D eigenvalue weighted by Gasteiger charge is -2.21. The molecule has 15 heavy (non-hydrogen) atoms. The van der Waals surface area contributed by atoms with E-state index in [0.29, 0.717) is 0 Å². The second-order valence-electron chi connectivity index (χ2n) is 3.62. The van der Waals surface area contributed by atoms with E-state index in [2.05, 4.69) is 33.6 Å². The van der Waals surface area contributed by atoms with Crippen LogP contribution in [0.3, 0.4) is 0 Å². The van der Waals surface area contributed by atoms with Crippen molar-refractivity contribution in [3.8, 4) is 6.07 Å². The van der Waals surface area contributed by atoms with Crippen molar-refractivity contribution in [3.63, 3.8) is 0 Å². The number of rotatable bonds is 3. The van der Waals surface area contributed by atoms with E-state index >= 15 is 0 Å². The Labute approximate surface area is 104 Å². The van der Waals surface area contributed by atoms with Crippen LogP contribution in [0, 0.1) is 20.8 Å². The topological polar surface area (TPSA) is 53.0 Å². The number of benzene rings is 1. The molecular formula is C11H14IN3. The summed E-state index contributed by atoms with van der Waals surface area (Å²) in [6.07, 6.45) is 0. The van der Waals surface area contributed by atoms with Gasteiger partial charge in [-0.2, -0.15) is 5.26 Å². The zero-order valence-corrected chi connectivity index (χ0v) is 11.0. The highest BCUT2D eigenvalue weighted by Gasteiger charge is 2.09. The molecule has 0 heterocycles. The van der Waals surface area contributed by atoms with Gasteiger partial charge in [-0.3, -0.25) is 0 Å². The van der Waals surface area contributed by atoms with Crippen molar-refractivity contribution in [3.05, 3.63) is 21.8 Å². The molecule has 0 aromatic heterocycles. The predicted molar refractivity (Wildman–Crippen MR) is 71.6 cm³/mol. The Kier molecular flexibility index (Phi) is 4.21. The molecule has 0 aliphatic rings. The Morgan fingerprint density at radius 1 is 1.60 bits per heavy atom. The minimum atomic E-state index is 0.0309. The fraction of sp³-hybridized carbons (Fsp3) is 0.364. The minimum absolute atomic E-state index is 0.0309. The maximum absolute atomic E-state index is 8.75. The van der Waals surface area contributed by atoms with E-state index in [1.54, 1.807) is 0 Å². The first-order valence-electron chi connectivity index (χ1n) is 4.70. The highest BCUT2D eigenvalue weighted by molar-refractivity contribution is 14.1. The lowest BCUT2D eigenvalue weighted by Crippen LogP contribution is -2.23. The summed E-state index contributed by atoms with van der Waals surface area (Å²) >= 11 is 2.26. The summed E-state index contributed by atoms with van der Waals surface area (Å²) in [5.41, 5.74) is 7.57. The molecule has 4 heteroatoms. The molecule has 1 aromatic carbocycles. The smallest absolute Gasteiger partial charge is 0.0671 e. The van der Waals surface area contributed by atoms with Crippen LogP contribution in [0.25, 0.3) is 0 Å². The van der Waals surface area contributed by atoms with Crippen molar-refractivity contribution in [1.82, 2.24) is 0 Å². The molecule has 0 fully saturated rings. The van der Waals surface area contributed by atoms with Crippen molar-refractivity contribution in [2.24, 2.45) is 5.92 Å². The molecule has 2 N–H and O–H groups in total. The Hall–Kier alpha value is -0.960. The van der Waals surface area contributed by atoms with Crippen molar-refractivity contribution >= 4 is 34.0 Å². The van der Waals surface area contributed by atoms with Gasteiger partial charge in [0.15, 0.2) is 0 Å². The zero-order valence-electron chi connectivity index (χ0n) is 8.87. The molecular weight excluding hydrogens is 301 g/mol. The van der Waals surface area contributed by atoms with E-state index in [0.717, 1.165) is 21.5 Å². The highest BCUT2D eigenvalue weighted by atomic mass is 127. The number of nitrogens with two attached hydrogens (primary N) is 1. The normalized spacial score (nSPS) is 11.9. The van der Waals surface area contributed by atoms with E-state index in [1.807, 2.05) is 32.2 Å². The van der Waals surface area contributed by atoms with E-state index in [1.165, 1.54) is 0 Å². The lowest BCUT2D eigenvalue weighted by molar-refractivity contribution is 0.715. The second-order valence-corrected chi connectivity index (χ2v) is 4.78. The zero-order chi connectivity index (χ0) is 11.4. The number of nitrogen functional groups attached to an aromatic ring is 1. The molecule has 0 radical (unpaired) electrons. The van der Waals surface area contributed by atoms with Crippen LogP contribution in [-0.2, 0) is 0 Å². The molecule has 3 nitrogen and oxygen atoms in total. The number of nitrogens with zero attached hydrogens (tertiary/aromatic N) is 2. The SMILES string of the molecule is CC(C#N)CN(C)c1ccc(N)cc1I. The number of hydrogen-bond acceptors (Lipinski definition) is 3. The molecule has 0 amide bonds. The Bertz CT molecular complexity index is 384. The van der Waals surface area contributed by atoms with Crippen LogP contribution >= 0.6 is 22.6 Å². The van der Waals surface area contributed by atoms with Crippen molar-refractivity contribution in [1.29, 1.82) is 5.26 Å². The number of nitriles is 1.